The number of halogens is 2. The van der Waals surface area contributed by atoms with E-state index in [1.165, 1.54) is 7.11 Å². The molecule has 118 valence electrons. The molecule has 4 nitrogen and oxygen atoms in total. The van der Waals surface area contributed by atoms with Crippen LogP contribution in [0.5, 0.6) is 11.5 Å². The van der Waals surface area contributed by atoms with Gasteiger partial charge in [0.15, 0.2) is 11.5 Å². The Balaban J connectivity index is 1.90. The molecule has 1 heterocycles. The topological polar surface area (TPSA) is 39.7 Å². The maximum absolute atomic E-state index is 12.4. The number of alkyl halides is 2. The fraction of sp³-hybridized carbons (Fsp3) is 0.600. The van der Waals surface area contributed by atoms with Crippen LogP contribution in [-0.2, 0) is 11.3 Å². The van der Waals surface area contributed by atoms with Crippen LogP contribution in [0.2, 0.25) is 0 Å². The number of nitrogens with one attached hydrogen (secondary N) is 1. The van der Waals surface area contributed by atoms with Gasteiger partial charge in [0.05, 0.1) is 13.2 Å². The molecule has 0 aliphatic carbocycles. The molecule has 0 spiro atoms. The molecule has 1 aliphatic heterocycles. The number of hydrogen-bond donors (Lipinski definition) is 1. The van der Waals surface area contributed by atoms with Crippen molar-refractivity contribution in [2.24, 2.45) is 5.92 Å². The van der Waals surface area contributed by atoms with Crippen LogP contribution >= 0.6 is 0 Å². The summed E-state index contributed by atoms with van der Waals surface area (Å²) in [6, 6.07) is 5.04. The molecule has 2 atom stereocenters. The molecule has 2 unspecified atom stereocenters. The molecule has 0 amide bonds. The Hall–Kier alpha value is -1.40. The maximum Gasteiger partial charge on any atom is 0.387 e. The highest BCUT2D eigenvalue weighted by molar-refractivity contribution is 5.42. The van der Waals surface area contributed by atoms with Crippen molar-refractivity contribution in [3.8, 4) is 11.5 Å². The van der Waals surface area contributed by atoms with Crippen LogP contribution in [-0.4, -0.2) is 33.0 Å². The molecular formula is C15H21F2NO3. The van der Waals surface area contributed by atoms with Crippen molar-refractivity contribution in [2.45, 2.75) is 32.6 Å². The van der Waals surface area contributed by atoms with Crippen LogP contribution in [0.1, 0.15) is 18.9 Å². The fourth-order valence-corrected chi connectivity index (χ4v) is 2.47. The maximum atomic E-state index is 12.4. The summed E-state index contributed by atoms with van der Waals surface area (Å²) in [4.78, 5) is 0. The van der Waals surface area contributed by atoms with Gasteiger partial charge in [-0.2, -0.15) is 8.78 Å². The number of ether oxygens (including phenoxy) is 3. The van der Waals surface area contributed by atoms with Crippen molar-refractivity contribution >= 4 is 0 Å². The van der Waals surface area contributed by atoms with Gasteiger partial charge in [0.1, 0.15) is 0 Å². The van der Waals surface area contributed by atoms with Crippen LogP contribution < -0.4 is 14.8 Å². The third kappa shape index (κ3) is 4.54. The van der Waals surface area contributed by atoms with E-state index in [0.717, 1.165) is 25.1 Å². The molecule has 1 aliphatic rings. The molecule has 1 fully saturated rings. The summed E-state index contributed by atoms with van der Waals surface area (Å²) in [7, 11) is 1.42. The van der Waals surface area contributed by atoms with E-state index in [1.807, 2.05) is 6.07 Å². The summed E-state index contributed by atoms with van der Waals surface area (Å²) in [6.07, 6.45) is 1.32. The first kappa shape index (κ1) is 16.0. The Bertz CT molecular complexity index is 457. The van der Waals surface area contributed by atoms with Crippen molar-refractivity contribution < 1.29 is 23.0 Å². The third-order valence-electron chi connectivity index (χ3n) is 3.71. The molecule has 1 aromatic rings. The standard InChI is InChI=1S/C15H21F2NO3/c1-10-12(5-6-20-10)9-18-8-11-3-4-13(19-2)14(7-11)21-15(16)17/h3-4,7,10,12,15,18H,5-6,8-9H2,1-2H3. The highest BCUT2D eigenvalue weighted by Gasteiger charge is 2.23. The fourth-order valence-electron chi connectivity index (χ4n) is 2.47. The second-order valence-corrected chi connectivity index (χ2v) is 5.12. The van der Waals surface area contributed by atoms with Gasteiger partial charge in [0, 0.05) is 19.7 Å². The Kier molecular flexibility index (Phi) is 5.76. The molecule has 6 heteroatoms. The van der Waals surface area contributed by atoms with Crippen molar-refractivity contribution in [3.63, 3.8) is 0 Å². The molecule has 1 saturated heterocycles. The third-order valence-corrected chi connectivity index (χ3v) is 3.71. The van der Waals surface area contributed by atoms with Gasteiger partial charge in [-0.15, -0.1) is 0 Å². The first-order valence-corrected chi connectivity index (χ1v) is 7.04. The number of methoxy groups -OCH3 is 1. The van der Waals surface area contributed by atoms with E-state index < -0.39 is 6.61 Å². The predicted octanol–water partition coefficient (Wildman–Crippen LogP) is 2.81. The molecule has 0 saturated carbocycles. The van der Waals surface area contributed by atoms with Crippen LogP contribution in [0, 0.1) is 5.92 Å². The number of benzene rings is 1. The van der Waals surface area contributed by atoms with Crippen molar-refractivity contribution in [2.75, 3.05) is 20.3 Å². The quantitative estimate of drug-likeness (QED) is 0.840. The molecule has 2 rings (SSSR count). The lowest BCUT2D eigenvalue weighted by Crippen LogP contribution is -2.26. The number of rotatable bonds is 7. The molecular weight excluding hydrogens is 280 g/mol. The van der Waals surface area contributed by atoms with Gasteiger partial charge in [-0.1, -0.05) is 6.07 Å². The SMILES string of the molecule is COc1ccc(CNCC2CCOC2C)cc1OC(F)F. The lowest BCUT2D eigenvalue weighted by atomic mass is 10.0. The monoisotopic (exact) mass is 301 g/mol. The molecule has 1 aromatic carbocycles. The predicted molar refractivity (Wildman–Crippen MR) is 74.9 cm³/mol. The minimum Gasteiger partial charge on any atom is -0.493 e. The smallest absolute Gasteiger partial charge is 0.387 e. The van der Waals surface area contributed by atoms with E-state index >= 15 is 0 Å². The summed E-state index contributed by atoms with van der Waals surface area (Å²) >= 11 is 0. The van der Waals surface area contributed by atoms with E-state index in [2.05, 4.69) is 17.0 Å². The van der Waals surface area contributed by atoms with Gasteiger partial charge >= 0.3 is 6.61 Å². The zero-order valence-corrected chi connectivity index (χ0v) is 12.3. The van der Waals surface area contributed by atoms with E-state index in [0.29, 0.717) is 18.2 Å². The highest BCUT2D eigenvalue weighted by Crippen LogP contribution is 2.29. The molecule has 0 bridgehead atoms. The Morgan fingerprint density at radius 3 is 2.81 bits per heavy atom. The summed E-state index contributed by atoms with van der Waals surface area (Å²) in [5.41, 5.74) is 0.873. The Morgan fingerprint density at radius 2 is 2.19 bits per heavy atom. The summed E-state index contributed by atoms with van der Waals surface area (Å²) in [5, 5.41) is 3.33. The largest absolute Gasteiger partial charge is 0.493 e. The first-order valence-electron chi connectivity index (χ1n) is 7.04. The van der Waals surface area contributed by atoms with Gasteiger partial charge in [0.2, 0.25) is 0 Å². The minimum absolute atomic E-state index is 0.0596. The van der Waals surface area contributed by atoms with Crippen molar-refractivity contribution in [1.82, 2.24) is 5.32 Å². The molecule has 0 radical (unpaired) electrons. The normalized spacial score (nSPS) is 21.8. The zero-order chi connectivity index (χ0) is 15.2. The van der Waals surface area contributed by atoms with Gasteiger partial charge in [-0.05, 0) is 37.0 Å². The summed E-state index contributed by atoms with van der Waals surface area (Å²) < 4.78 is 39.7. The Labute approximate surface area is 123 Å². The van der Waals surface area contributed by atoms with E-state index in [-0.39, 0.29) is 11.9 Å². The van der Waals surface area contributed by atoms with Crippen LogP contribution in [0.25, 0.3) is 0 Å². The zero-order valence-electron chi connectivity index (χ0n) is 12.3. The van der Waals surface area contributed by atoms with E-state index in [4.69, 9.17) is 9.47 Å². The second-order valence-electron chi connectivity index (χ2n) is 5.12. The van der Waals surface area contributed by atoms with Gasteiger partial charge in [0.25, 0.3) is 0 Å². The lowest BCUT2D eigenvalue weighted by Gasteiger charge is -2.15. The van der Waals surface area contributed by atoms with Crippen LogP contribution in [0.3, 0.4) is 0 Å². The molecule has 21 heavy (non-hydrogen) atoms. The van der Waals surface area contributed by atoms with Crippen molar-refractivity contribution in [3.05, 3.63) is 23.8 Å². The average Bonchev–Trinajstić information content (AvgIpc) is 2.84. The average molecular weight is 301 g/mol. The molecule has 0 aromatic heterocycles. The lowest BCUT2D eigenvalue weighted by molar-refractivity contribution is -0.0512. The second kappa shape index (κ2) is 7.56. The van der Waals surface area contributed by atoms with Gasteiger partial charge in [-0.25, -0.2) is 0 Å². The van der Waals surface area contributed by atoms with Crippen LogP contribution in [0.15, 0.2) is 18.2 Å². The van der Waals surface area contributed by atoms with Gasteiger partial charge in [-0.3, -0.25) is 0 Å². The number of hydrogen-bond acceptors (Lipinski definition) is 4. The first-order chi connectivity index (χ1) is 10.1. The van der Waals surface area contributed by atoms with E-state index in [9.17, 15) is 8.78 Å². The molecule has 1 N–H and O–H groups in total. The Morgan fingerprint density at radius 1 is 1.38 bits per heavy atom. The van der Waals surface area contributed by atoms with Crippen molar-refractivity contribution in [1.29, 1.82) is 0 Å². The van der Waals surface area contributed by atoms with Gasteiger partial charge < -0.3 is 19.5 Å². The van der Waals surface area contributed by atoms with Crippen LogP contribution in [0.4, 0.5) is 8.78 Å². The summed E-state index contributed by atoms with van der Waals surface area (Å²) in [5.74, 6) is 0.862. The summed E-state index contributed by atoms with van der Waals surface area (Å²) in [6.45, 7) is 1.45. The minimum atomic E-state index is -2.86. The highest BCUT2D eigenvalue weighted by atomic mass is 19.3. The van der Waals surface area contributed by atoms with E-state index in [1.54, 1.807) is 12.1 Å².